The Morgan fingerprint density at radius 1 is 0.342 bits per heavy atom. The number of benzene rings is 6. The maximum atomic E-state index is 2.31. The monoisotopic (exact) mass is 518 g/mol. The first kappa shape index (κ1) is 21.8. The third-order valence-corrected chi connectivity index (χ3v) is 9.97. The Bertz CT molecular complexity index is 1960. The summed E-state index contributed by atoms with van der Waals surface area (Å²) in [5.74, 6) is 0. The van der Waals surface area contributed by atoms with Gasteiger partial charge in [-0.1, -0.05) is 121 Å². The first-order valence-corrected chi connectivity index (χ1v) is 14.5. The summed E-state index contributed by atoms with van der Waals surface area (Å²) in [6, 6.07) is 48.6. The van der Waals surface area contributed by atoms with E-state index in [9.17, 15) is 0 Å². The minimum Gasteiger partial charge on any atom is -0.134 e. The summed E-state index contributed by atoms with van der Waals surface area (Å²) < 4.78 is 2.66. The number of rotatable bonds is 3. The molecule has 0 bridgehead atoms. The molecular formula is C36H22S2. The molecule has 0 aliphatic heterocycles. The Labute approximate surface area is 229 Å². The molecule has 38 heavy (non-hydrogen) atoms. The number of hydrogen-bond acceptors (Lipinski definition) is 2. The summed E-state index contributed by atoms with van der Waals surface area (Å²) in [5.41, 5.74) is 5.23. The van der Waals surface area contributed by atoms with E-state index in [0.717, 1.165) is 0 Å². The Hall–Kier alpha value is -4.24. The van der Waals surface area contributed by atoms with E-state index < -0.39 is 0 Å². The molecule has 178 valence electrons. The lowest BCUT2D eigenvalue weighted by molar-refractivity contribution is 1.68. The first-order valence-electron chi connectivity index (χ1n) is 12.9. The molecule has 0 aliphatic carbocycles. The Kier molecular flexibility index (Phi) is 4.97. The van der Waals surface area contributed by atoms with Crippen LogP contribution >= 0.6 is 22.7 Å². The molecule has 2 heteroatoms. The standard InChI is InChI=1S/C36H22S2/c1-3-13-25(14-4-1)31-33-27-17-9-7-11-23(27)19-21-29(33)37-35(31)36-32(26-15-5-2-6-16-26)34-28-18-10-8-12-24(28)20-22-30(34)38-36/h1-22H. The molecule has 8 aromatic rings. The second-order valence-corrected chi connectivity index (χ2v) is 11.8. The Balaban J connectivity index is 1.57. The lowest BCUT2D eigenvalue weighted by Crippen LogP contribution is -1.83. The third-order valence-electron chi connectivity index (χ3n) is 7.49. The minimum atomic E-state index is 1.27. The van der Waals surface area contributed by atoms with Crippen LogP contribution < -0.4 is 0 Å². The van der Waals surface area contributed by atoms with Gasteiger partial charge in [0, 0.05) is 31.3 Å². The highest BCUT2D eigenvalue weighted by Gasteiger charge is 2.24. The van der Waals surface area contributed by atoms with Gasteiger partial charge >= 0.3 is 0 Å². The van der Waals surface area contributed by atoms with Crippen LogP contribution in [0.5, 0.6) is 0 Å². The van der Waals surface area contributed by atoms with E-state index >= 15 is 0 Å². The molecular weight excluding hydrogens is 497 g/mol. The van der Waals surface area contributed by atoms with Crippen molar-refractivity contribution in [2.75, 3.05) is 0 Å². The Morgan fingerprint density at radius 3 is 1.18 bits per heavy atom. The fourth-order valence-corrected chi connectivity index (χ4v) is 8.44. The van der Waals surface area contributed by atoms with Crippen LogP contribution in [0.2, 0.25) is 0 Å². The largest absolute Gasteiger partial charge is 0.134 e. The minimum absolute atomic E-state index is 1.27. The predicted octanol–water partition coefficient (Wildman–Crippen LogP) is 11.4. The van der Waals surface area contributed by atoms with Crippen molar-refractivity contribution in [2.24, 2.45) is 0 Å². The van der Waals surface area contributed by atoms with Gasteiger partial charge in [-0.25, -0.2) is 0 Å². The molecule has 2 heterocycles. The molecule has 0 N–H and O–H groups in total. The van der Waals surface area contributed by atoms with Gasteiger partial charge in [0.25, 0.3) is 0 Å². The summed E-state index contributed by atoms with van der Waals surface area (Å²) in [5, 5.41) is 7.92. The second-order valence-electron chi connectivity index (χ2n) is 9.66. The molecule has 0 unspecified atom stereocenters. The lowest BCUT2D eigenvalue weighted by atomic mass is 9.93. The van der Waals surface area contributed by atoms with Crippen molar-refractivity contribution in [3.63, 3.8) is 0 Å². The van der Waals surface area contributed by atoms with Gasteiger partial charge in [0.05, 0.1) is 9.75 Å². The zero-order chi connectivity index (χ0) is 25.1. The molecule has 8 rings (SSSR count). The molecule has 0 amide bonds. The topological polar surface area (TPSA) is 0 Å². The maximum absolute atomic E-state index is 2.31. The van der Waals surface area contributed by atoms with Gasteiger partial charge in [-0.3, -0.25) is 0 Å². The van der Waals surface area contributed by atoms with Gasteiger partial charge in [-0.2, -0.15) is 0 Å². The van der Waals surface area contributed by atoms with Crippen molar-refractivity contribution >= 4 is 64.4 Å². The lowest BCUT2D eigenvalue weighted by Gasteiger charge is -2.10. The highest BCUT2D eigenvalue weighted by atomic mass is 32.1. The zero-order valence-electron chi connectivity index (χ0n) is 20.5. The average Bonchev–Trinajstić information content (AvgIpc) is 3.57. The molecule has 0 aliphatic rings. The predicted molar refractivity (Wildman–Crippen MR) is 169 cm³/mol. The van der Waals surface area contributed by atoms with Crippen molar-refractivity contribution in [2.45, 2.75) is 0 Å². The van der Waals surface area contributed by atoms with Gasteiger partial charge in [0.2, 0.25) is 0 Å². The average molecular weight is 519 g/mol. The molecule has 0 fully saturated rings. The van der Waals surface area contributed by atoms with Crippen LogP contribution in [0.15, 0.2) is 133 Å². The number of fused-ring (bicyclic) bond motifs is 6. The van der Waals surface area contributed by atoms with Gasteiger partial charge in [-0.15, -0.1) is 22.7 Å². The highest BCUT2D eigenvalue weighted by Crippen LogP contribution is 2.54. The quantitative estimate of drug-likeness (QED) is 0.218. The molecule has 0 spiro atoms. The van der Waals surface area contributed by atoms with E-state index in [2.05, 4.69) is 133 Å². The van der Waals surface area contributed by atoms with E-state index in [1.807, 2.05) is 22.7 Å². The van der Waals surface area contributed by atoms with E-state index in [1.54, 1.807) is 0 Å². The van der Waals surface area contributed by atoms with Gasteiger partial charge in [0.1, 0.15) is 0 Å². The van der Waals surface area contributed by atoms with Crippen LogP contribution in [0.4, 0.5) is 0 Å². The smallest absolute Gasteiger partial charge is 0.0540 e. The summed E-state index contributed by atoms with van der Waals surface area (Å²) in [6.45, 7) is 0. The fraction of sp³-hybridized carbons (Fsp3) is 0. The molecule has 0 nitrogen and oxygen atoms in total. The number of hydrogen-bond donors (Lipinski definition) is 0. The summed E-state index contributed by atoms with van der Waals surface area (Å²) in [6.07, 6.45) is 0. The molecule has 0 radical (unpaired) electrons. The zero-order valence-corrected chi connectivity index (χ0v) is 22.2. The second kappa shape index (κ2) is 8.66. The molecule has 0 saturated heterocycles. The summed E-state index contributed by atoms with van der Waals surface area (Å²) >= 11 is 3.85. The van der Waals surface area contributed by atoms with Gasteiger partial charge in [-0.05, 0) is 44.8 Å². The maximum Gasteiger partial charge on any atom is 0.0540 e. The van der Waals surface area contributed by atoms with Crippen LogP contribution in [-0.2, 0) is 0 Å². The molecule has 0 saturated carbocycles. The van der Waals surface area contributed by atoms with Crippen LogP contribution in [0.25, 0.3) is 73.7 Å². The normalized spacial score (nSPS) is 11.7. The van der Waals surface area contributed by atoms with E-state index in [0.29, 0.717) is 0 Å². The first-order chi connectivity index (χ1) is 18.9. The van der Waals surface area contributed by atoms with E-state index in [-0.39, 0.29) is 0 Å². The SMILES string of the molecule is c1ccc(-c2c(-c3sc4ccc5ccccc5c4c3-c3ccccc3)sc3ccc4ccccc4c23)cc1. The van der Waals surface area contributed by atoms with Crippen molar-refractivity contribution in [1.82, 2.24) is 0 Å². The Morgan fingerprint density at radius 2 is 0.737 bits per heavy atom. The van der Waals surface area contributed by atoms with Gasteiger partial charge in [0.15, 0.2) is 0 Å². The molecule has 2 aromatic heterocycles. The van der Waals surface area contributed by atoms with Crippen molar-refractivity contribution in [3.8, 4) is 32.0 Å². The van der Waals surface area contributed by atoms with Crippen LogP contribution in [0.1, 0.15) is 0 Å². The van der Waals surface area contributed by atoms with Crippen molar-refractivity contribution in [3.05, 3.63) is 133 Å². The highest BCUT2D eigenvalue weighted by molar-refractivity contribution is 7.29. The van der Waals surface area contributed by atoms with Crippen molar-refractivity contribution in [1.29, 1.82) is 0 Å². The van der Waals surface area contributed by atoms with Crippen LogP contribution in [0, 0.1) is 0 Å². The summed E-state index contributed by atoms with van der Waals surface area (Å²) in [4.78, 5) is 2.71. The van der Waals surface area contributed by atoms with E-state index in [4.69, 9.17) is 0 Å². The van der Waals surface area contributed by atoms with Crippen LogP contribution in [-0.4, -0.2) is 0 Å². The fourth-order valence-electron chi connectivity index (χ4n) is 5.82. The molecule has 6 aromatic carbocycles. The third kappa shape index (κ3) is 3.28. The van der Waals surface area contributed by atoms with E-state index in [1.165, 1.54) is 73.7 Å². The molecule has 0 atom stereocenters. The van der Waals surface area contributed by atoms with Crippen molar-refractivity contribution < 1.29 is 0 Å². The summed E-state index contributed by atoms with van der Waals surface area (Å²) in [7, 11) is 0. The van der Waals surface area contributed by atoms with Gasteiger partial charge < -0.3 is 0 Å². The van der Waals surface area contributed by atoms with Crippen LogP contribution in [0.3, 0.4) is 0 Å². The number of thiophene rings is 2.